The van der Waals surface area contributed by atoms with Crippen molar-refractivity contribution in [3.8, 4) is 21.4 Å². The molecule has 0 aliphatic rings. The van der Waals surface area contributed by atoms with Gasteiger partial charge in [-0.2, -0.15) is 0 Å². The van der Waals surface area contributed by atoms with Gasteiger partial charge < -0.3 is 0 Å². The fraction of sp³-hybridized carbons (Fsp3) is 0. The third kappa shape index (κ3) is 2.77. The Hall–Kier alpha value is -1.05. The Balaban J connectivity index is 2.02. The molecule has 0 spiro atoms. The topological polar surface area (TPSA) is 12.9 Å². The van der Waals surface area contributed by atoms with E-state index in [2.05, 4.69) is 17.1 Å². The minimum absolute atomic E-state index is 0.211. The third-order valence-electron chi connectivity index (χ3n) is 2.74. The second-order valence-electron chi connectivity index (χ2n) is 4.03. The van der Waals surface area contributed by atoms with Gasteiger partial charge in [0.25, 0.3) is 0 Å². The van der Waals surface area contributed by atoms with Crippen LogP contribution in [0.4, 0.5) is 0 Å². The summed E-state index contributed by atoms with van der Waals surface area (Å²) in [6, 6.07) is 15.7. The SMILES string of the molecule is Clc1ccc(-c2nc(-c3ccccc3)c[se]2)c(Cl)c1. The standard InChI is InChI=1S/C15H9Cl2NSe/c16-11-6-7-12(13(17)8-11)15-18-14(9-19-15)10-4-2-1-3-5-10/h1-9H. The first-order chi connectivity index (χ1) is 9.24. The van der Waals surface area contributed by atoms with Crippen LogP contribution in [0.1, 0.15) is 0 Å². The molecule has 0 bridgehead atoms. The van der Waals surface area contributed by atoms with Crippen molar-refractivity contribution >= 4 is 37.7 Å². The average Bonchev–Trinajstić information content (AvgIpc) is 2.89. The molecule has 3 aromatic rings. The molecule has 19 heavy (non-hydrogen) atoms. The molecular weight excluding hydrogens is 344 g/mol. The molecule has 0 aliphatic heterocycles. The van der Waals surface area contributed by atoms with Crippen LogP contribution in [0.3, 0.4) is 0 Å². The van der Waals surface area contributed by atoms with Crippen LogP contribution in [-0.4, -0.2) is 19.5 Å². The maximum absolute atomic E-state index is 6.22. The van der Waals surface area contributed by atoms with E-state index in [1.54, 1.807) is 6.07 Å². The molecular formula is C15H9Cl2NSe. The predicted molar refractivity (Wildman–Crippen MR) is 82.1 cm³/mol. The second kappa shape index (κ2) is 5.52. The molecule has 0 N–H and O–H groups in total. The summed E-state index contributed by atoms with van der Waals surface area (Å²) in [5, 5.41) is 1.31. The van der Waals surface area contributed by atoms with Gasteiger partial charge in [0.05, 0.1) is 0 Å². The Morgan fingerprint density at radius 2 is 1.74 bits per heavy atom. The van der Waals surface area contributed by atoms with Crippen molar-refractivity contribution in [3.63, 3.8) is 0 Å². The number of aromatic nitrogens is 1. The Morgan fingerprint density at radius 3 is 2.47 bits per heavy atom. The third-order valence-corrected chi connectivity index (χ3v) is 5.12. The van der Waals surface area contributed by atoms with Gasteiger partial charge in [0, 0.05) is 0 Å². The van der Waals surface area contributed by atoms with Crippen molar-refractivity contribution in [2.24, 2.45) is 0 Å². The molecule has 0 radical (unpaired) electrons. The normalized spacial score (nSPS) is 10.6. The summed E-state index contributed by atoms with van der Waals surface area (Å²) >= 11 is 12.4. The van der Waals surface area contributed by atoms with E-state index in [0.29, 0.717) is 10.0 Å². The van der Waals surface area contributed by atoms with Crippen LogP contribution >= 0.6 is 23.2 Å². The first-order valence-electron chi connectivity index (χ1n) is 5.70. The zero-order valence-electron chi connectivity index (χ0n) is 9.81. The molecule has 0 amide bonds. The number of benzene rings is 2. The van der Waals surface area contributed by atoms with Crippen LogP contribution in [0, 0.1) is 0 Å². The summed E-state index contributed by atoms with van der Waals surface area (Å²) in [5.74, 6) is 0. The summed E-state index contributed by atoms with van der Waals surface area (Å²) in [6.45, 7) is 0. The van der Waals surface area contributed by atoms with Crippen molar-refractivity contribution in [2.45, 2.75) is 0 Å². The molecule has 1 heterocycles. The molecule has 4 heteroatoms. The van der Waals surface area contributed by atoms with Gasteiger partial charge in [-0.15, -0.1) is 0 Å². The minimum atomic E-state index is 0.211. The molecule has 1 aromatic heterocycles. The molecule has 0 aliphatic carbocycles. The van der Waals surface area contributed by atoms with Gasteiger partial charge in [0.2, 0.25) is 0 Å². The number of hydrogen-bond acceptors (Lipinski definition) is 1. The van der Waals surface area contributed by atoms with E-state index >= 15 is 0 Å². The van der Waals surface area contributed by atoms with Gasteiger partial charge in [-0.25, -0.2) is 0 Å². The molecule has 1 nitrogen and oxygen atoms in total. The Kier molecular flexibility index (Phi) is 3.76. The monoisotopic (exact) mass is 353 g/mol. The number of rotatable bonds is 2. The van der Waals surface area contributed by atoms with Gasteiger partial charge in [-0.05, 0) is 0 Å². The van der Waals surface area contributed by atoms with E-state index in [0.717, 1.165) is 21.4 Å². The molecule has 2 aromatic carbocycles. The van der Waals surface area contributed by atoms with Crippen LogP contribution in [-0.2, 0) is 0 Å². The molecule has 3 rings (SSSR count). The van der Waals surface area contributed by atoms with Crippen molar-refractivity contribution in [3.05, 3.63) is 63.5 Å². The molecule has 0 saturated carbocycles. The molecule has 0 fully saturated rings. The Bertz CT molecular complexity index is 707. The fourth-order valence-electron chi connectivity index (χ4n) is 1.80. The predicted octanol–water partition coefficient (Wildman–Crippen LogP) is 4.78. The van der Waals surface area contributed by atoms with Crippen LogP contribution in [0.2, 0.25) is 10.0 Å². The zero-order chi connectivity index (χ0) is 13.2. The molecule has 0 saturated heterocycles. The zero-order valence-corrected chi connectivity index (χ0v) is 13.0. The summed E-state index contributed by atoms with van der Waals surface area (Å²) in [4.78, 5) is 6.88. The van der Waals surface area contributed by atoms with E-state index in [9.17, 15) is 0 Å². The summed E-state index contributed by atoms with van der Waals surface area (Å²) in [5.41, 5.74) is 3.15. The van der Waals surface area contributed by atoms with Gasteiger partial charge in [-0.3, -0.25) is 0 Å². The van der Waals surface area contributed by atoms with E-state index in [-0.39, 0.29) is 14.5 Å². The van der Waals surface area contributed by atoms with Gasteiger partial charge in [0.15, 0.2) is 0 Å². The van der Waals surface area contributed by atoms with E-state index in [4.69, 9.17) is 28.2 Å². The first kappa shape index (κ1) is 13.0. The number of halogens is 2. The molecule has 94 valence electrons. The van der Waals surface area contributed by atoms with Crippen LogP contribution < -0.4 is 0 Å². The maximum atomic E-state index is 6.22. The van der Waals surface area contributed by atoms with Crippen molar-refractivity contribution in [1.82, 2.24) is 4.98 Å². The van der Waals surface area contributed by atoms with E-state index < -0.39 is 0 Å². The number of nitrogens with zero attached hydrogens (tertiary/aromatic N) is 1. The average molecular weight is 353 g/mol. The Morgan fingerprint density at radius 1 is 0.947 bits per heavy atom. The first-order valence-corrected chi connectivity index (χ1v) is 8.30. The molecule has 0 atom stereocenters. The Labute approximate surface area is 127 Å². The van der Waals surface area contributed by atoms with Crippen molar-refractivity contribution in [2.75, 3.05) is 0 Å². The van der Waals surface area contributed by atoms with Gasteiger partial charge >= 0.3 is 128 Å². The summed E-state index contributed by atoms with van der Waals surface area (Å²) in [6.07, 6.45) is 0. The van der Waals surface area contributed by atoms with Crippen LogP contribution in [0.5, 0.6) is 0 Å². The summed E-state index contributed by atoms with van der Waals surface area (Å²) in [7, 11) is 0. The van der Waals surface area contributed by atoms with Crippen molar-refractivity contribution < 1.29 is 0 Å². The van der Waals surface area contributed by atoms with Gasteiger partial charge in [0.1, 0.15) is 0 Å². The van der Waals surface area contributed by atoms with E-state index in [1.807, 2.05) is 30.3 Å². The second-order valence-corrected chi connectivity index (χ2v) is 6.67. The van der Waals surface area contributed by atoms with E-state index in [1.165, 1.54) is 0 Å². The van der Waals surface area contributed by atoms with Crippen LogP contribution in [0.15, 0.2) is 53.5 Å². The van der Waals surface area contributed by atoms with Crippen LogP contribution in [0.25, 0.3) is 21.4 Å². The van der Waals surface area contributed by atoms with Gasteiger partial charge in [-0.1, -0.05) is 0 Å². The number of hydrogen-bond donors (Lipinski definition) is 0. The fourth-order valence-corrected chi connectivity index (χ4v) is 4.25. The van der Waals surface area contributed by atoms with Crippen molar-refractivity contribution in [1.29, 1.82) is 0 Å². The molecule has 0 unspecified atom stereocenters. The quantitative estimate of drug-likeness (QED) is 0.605. The summed E-state index contributed by atoms with van der Waals surface area (Å²) < 4.78 is 1.05.